The van der Waals surface area contributed by atoms with Crippen molar-refractivity contribution in [3.8, 4) is 0 Å². The van der Waals surface area contributed by atoms with Crippen molar-refractivity contribution in [3.05, 3.63) is 28.8 Å². The summed E-state index contributed by atoms with van der Waals surface area (Å²) < 4.78 is 65.7. The molecule has 0 aliphatic carbocycles. The third-order valence-electron chi connectivity index (χ3n) is 4.97. The van der Waals surface area contributed by atoms with Crippen molar-refractivity contribution in [2.75, 3.05) is 45.8 Å². The van der Waals surface area contributed by atoms with Crippen LogP contribution in [-0.2, 0) is 21.0 Å². The number of piperazine rings is 1. The highest BCUT2D eigenvalue weighted by molar-refractivity contribution is 7.89. The number of amides is 3. The number of rotatable bonds is 4. The van der Waals surface area contributed by atoms with Crippen molar-refractivity contribution in [2.24, 2.45) is 0 Å². The number of carbonyl (C=O) groups is 2. The average Bonchev–Trinajstić information content (AvgIpc) is 2.69. The molecule has 8 nitrogen and oxygen atoms in total. The van der Waals surface area contributed by atoms with E-state index >= 15 is 0 Å². The number of halogens is 4. The Balaban J connectivity index is 1.65. The molecule has 2 aliphatic rings. The summed E-state index contributed by atoms with van der Waals surface area (Å²) in [6.07, 6.45) is -4.06. The minimum atomic E-state index is -4.78. The molecule has 13 heteroatoms. The maximum atomic E-state index is 13.0. The minimum absolute atomic E-state index is 0.0652. The van der Waals surface area contributed by atoms with Crippen molar-refractivity contribution >= 4 is 33.6 Å². The van der Waals surface area contributed by atoms with Gasteiger partial charge >= 0.3 is 12.2 Å². The first-order valence-corrected chi connectivity index (χ1v) is 11.0. The summed E-state index contributed by atoms with van der Waals surface area (Å²) >= 11 is 5.56. The first-order valence-electron chi connectivity index (χ1n) is 9.17. The van der Waals surface area contributed by atoms with Crippen molar-refractivity contribution in [2.45, 2.75) is 17.5 Å². The predicted octanol–water partition coefficient (Wildman–Crippen LogP) is 1.61. The van der Waals surface area contributed by atoms with E-state index in [4.69, 9.17) is 11.6 Å². The van der Waals surface area contributed by atoms with E-state index in [9.17, 15) is 31.2 Å². The molecule has 30 heavy (non-hydrogen) atoms. The van der Waals surface area contributed by atoms with Crippen molar-refractivity contribution in [3.63, 3.8) is 0 Å². The zero-order chi connectivity index (χ0) is 22.1. The maximum Gasteiger partial charge on any atom is 0.417 e. The van der Waals surface area contributed by atoms with E-state index in [-0.39, 0.29) is 44.7 Å². The zero-order valence-electron chi connectivity index (χ0n) is 15.8. The van der Waals surface area contributed by atoms with Gasteiger partial charge in [0.15, 0.2) is 0 Å². The van der Waals surface area contributed by atoms with Crippen LogP contribution in [0.25, 0.3) is 0 Å². The fraction of sp³-hybridized carbons (Fsp3) is 0.529. The number of nitrogens with zero attached hydrogens (tertiary/aromatic N) is 3. The van der Waals surface area contributed by atoms with Gasteiger partial charge in [0.1, 0.15) is 6.54 Å². The quantitative estimate of drug-likeness (QED) is 0.727. The van der Waals surface area contributed by atoms with E-state index in [0.29, 0.717) is 19.2 Å². The lowest BCUT2D eigenvalue weighted by Gasteiger charge is -2.35. The molecule has 1 aromatic rings. The highest BCUT2D eigenvalue weighted by Crippen LogP contribution is 2.36. The Morgan fingerprint density at radius 1 is 1.13 bits per heavy atom. The van der Waals surface area contributed by atoms with Crippen LogP contribution in [0.4, 0.5) is 18.0 Å². The molecule has 0 bridgehead atoms. The number of hydrogen-bond acceptors (Lipinski definition) is 4. The lowest BCUT2D eigenvalue weighted by atomic mass is 10.2. The molecule has 2 fully saturated rings. The topological polar surface area (TPSA) is 90.0 Å². The first kappa shape index (κ1) is 22.6. The van der Waals surface area contributed by atoms with Gasteiger partial charge in [-0.05, 0) is 24.6 Å². The number of benzene rings is 1. The summed E-state index contributed by atoms with van der Waals surface area (Å²) in [6, 6.07) is 2.13. The molecule has 0 atom stereocenters. The molecule has 0 unspecified atom stereocenters. The van der Waals surface area contributed by atoms with Crippen LogP contribution >= 0.6 is 11.6 Å². The molecular weight excluding hydrogens is 449 g/mol. The average molecular weight is 469 g/mol. The fourth-order valence-electron chi connectivity index (χ4n) is 3.30. The second-order valence-electron chi connectivity index (χ2n) is 6.93. The van der Waals surface area contributed by atoms with Gasteiger partial charge in [0.05, 0.1) is 15.5 Å². The molecule has 0 aromatic heterocycles. The van der Waals surface area contributed by atoms with E-state index in [1.165, 1.54) is 9.80 Å². The third kappa shape index (κ3) is 4.81. The number of sulfonamides is 1. The summed E-state index contributed by atoms with van der Waals surface area (Å²) in [4.78, 5) is 26.5. The Hall–Kier alpha value is -2.05. The molecule has 2 aliphatic heterocycles. The Bertz CT molecular complexity index is 933. The molecule has 1 N–H and O–H groups in total. The smallest absolute Gasteiger partial charge is 0.339 e. The molecule has 0 radical (unpaired) electrons. The van der Waals surface area contributed by atoms with Gasteiger partial charge in [-0.15, -0.1) is 0 Å². The van der Waals surface area contributed by atoms with Crippen LogP contribution in [0, 0.1) is 0 Å². The summed E-state index contributed by atoms with van der Waals surface area (Å²) in [6.45, 7) is 0.935. The normalized spacial score (nSPS) is 19.0. The first-order chi connectivity index (χ1) is 14.0. The summed E-state index contributed by atoms with van der Waals surface area (Å²) in [7, 11) is -4.18. The standard InChI is InChI=1S/C17H20ClF3N4O4S/c18-14-3-2-12(10-13(14)17(19,20)21)30(28,29)25-8-6-23(7-9-25)15(26)11-24-5-1-4-22-16(24)27/h2-3,10H,1,4-9,11H2,(H,22,27). The van der Waals surface area contributed by atoms with E-state index in [1.807, 2.05) is 0 Å². The van der Waals surface area contributed by atoms with Crippen molar-refractivity contribution in [1.82, 2.24) is 19.4 Å². The lowest BCUT2D eigenvalue weighted by Crippen LogP contribution is -2.55. The third-order valence-corrected chi connectivity index (χ3v) is 7.19. The second kappa shape index (κ2) is 8.60. The molecule has 2 heterocycles. The number of nitrogens with one attached hydrogen (secondary N) is 1. The van der Waals surface area contributed by atoms with Gasteiger partial charge in [0, 0.05) is 39.3 Å². The highest BCUT2D eigenvalue weighted by atomic mass is 35.5. The molecule has 2 saturated heterocycles. The van der Waals surface area contributed by atoms with Crippen LogP contribution in [0.1, 0.15) is 12.0 Å². The van der Waals surface area contributed by atoms with E-state index in [0.717, 1.165) is 22.9 Å². The Morgan fingerprint density at radius 3 is 2.40 bits per heavy atom. The summed E-state index contributed by atoms with van der Waals surface area (Å²) in [5.74, 6) is -0.310. The number of carbonyl (C=O) groups excluding carboxylic acids is 2. The molecule has 1 aromatic carbocycles. The molecule has 166 valence electrons. The van der Waals surface area contributed by atoms with Crippen LogP contribution in [0.2, 0.25) is 5.02 Å². The SMILES string of the molecule is O=C(CN1CCCNC1=O)N1CCN(S(=O)(=O)c2ccc(Cl)c(C(F)(F)F)c2)CC1. The number of urea groups is 1. The van der Waals surface area contributed by atoms with Crippen LogP contribution in [-0.4, -0.2) is 80.3 Å². The van der Waals surface area contributed by atoms with Crippen LogP contribution in [0.3, 0.4) is 0 Å². The van der Waals surface area contributed by atoms with Crippen LogP contribution in [0.5, 0.6) is 0 Å². The fourth-order valence-corrected chi connectivity index (χ4v) is 4.98. The maximum absolute atomic E-state index is 13.0. The second-order valence-corrected chi connectivity index (χ2v) is 9.28. The molecule has 3 rings (SSSR count). The largest absolute Gasteiger partial charge is 0.417 e. The van der Waals surface area contributed by atoms with Crippen molar-refractivity contribution in [1.29, 1.82) is 0 Å². The molecule has 0 spiro atoms. The number of alkyl halides is 3. The molecule has 3 amide bonds. The van der Waals surface area contributed by atoms with Crippen LogP contribution < -0.4 is 5.32 Å². The monoisotopic (exact) mass is 468 g/mol. The number of hydrogen-bond donors (Lipinski definition) is 1. The van der Waals surface area contributed by atoms with Gasteiger partial charge in [-0.3, -0.25) is 4.79 Å². The predicted molar refractivity (Wildman–Crippen MR) is 101 cm³/mol. The van der Waals surface area contributed by atoms with Gasteiger partial charge in [-0.25, -0.2) is 13.2 Å². The summed E-state index contributed by atoms with van der Waals surface area (Å²) in [5, 5.41) is 2.06. The van der Waals surface area contributed by atoms with E-state index in [2.05, 4.69) is 5.32 Å². The minimum Gasteiger partial charge on any atom is -0.339 e. The molecule has 0 saturated carbocycles. The molecular formula is C17H20ClF3N4O4S. The van der Waals surface area contributed by atoms with Gasteiger partial charge in [-0.1, -0.05) is 11.6 Å². The zero-order valence-corrected chi connectivity index (χ0v) is 17.4. The van der Waals surface area contributed by atoms with Gasteiger partial charge in [0.2, 0.25) is 15.9 Å². The van der Waals surface area contributed by atoms with Gasteiger partial charge in [-0.2, -0.15) is 17.5 Å². The Morgan fingerprint density at radius 2 is 1.80 bits per heavy atom. The summed E-state index contributed by atoms with van der Waals surface area (Å²) in [5.41, 5.74) is -1.22. The lowest BCUT2D eigenvalue weighted by molar-refractivity contribution is -0.137. The van der Waals surface area contributed by atoms with Gasteiger partial charge in [0.25, 0.3) is 0 Å². The van der Waals surface area contributed by atoms with Gasteiger partial charge < -0.3 is 15.1 Å². The highest BCUT2D eigenvalue weighted by Gasteiger charge is 2.36. The van der Waals surface area contributed by atoms with E-state index < -0.39 is 31.7 Å². The Labute approximate surface area is 176 Å². The Kier molecular flexibility index (Phi) is 6.48. The van der Waals surface area contributed by atoms with E-state index in [1.54, 1.807) is 0 Å². The van der Waals surface area contributed by atoms with Crippen LogP contribution in [0.15, 0.2) is 23.1 Å². The van der Waals surface area contributed by atoms with Crippen molar-refractivity contribution < 1.29 is 31.2 Å².